The van der Waals surface area contributed by atoms with Gasteiger partial charge in [0.1, 0.15) is 0 Å². The number of aliphatic hydroxyl groups is 3. The van der Waals surface area contributed by atoms with E-state index < -0.39 is 23.7 Å². The minimum absolute atomic E-state index is 0.140. The van der Waals surface area contributed by atoms with Gasteiger partial charge in [0.2, 0.25) is 0 Å². The van der Waals surface area contributed by atoms with E-state index in [0.717, 1.165) is 0 Å². The van der Waals surface area contributed by atoms with E-state index in [-0.39, 0.29) is 26.2 Å². The Kier molecular flexibility index (Phi) is 6.44. The Bertz CT molecular complexity index is 167. The van der Waals surface area contributed by atoms with Gasteiger partial charge >= 0.3 is 5.97 Å². The number of carboxylic acid groups (broad SMARTS) is 1. The number of carbonyl (C=O) groups is 1. The van der Waals surface area contributed by atoms with E-state index in [1.165, 1.54) is 6.92 Å². The molecule has 0 aliphatic carbocycles. The summed E-state index contributed by atoms with van der Waals surface area (Å²) in [7, 11) is 0. The summed E-state index contributed by atoms with van der Waals surface area (Å²) >= 11 is 0. The molecule has 2 unspecified atom stereocenters. The quantitative estimate of drug-likeness (QED) is 0.442. The molecule has 0 bridgehead atoms. The molecular formula is C9H18O5. The molecule has 14 heavy (non-hydrogen) atoms. The number of aliphatic carboxylic acids is 1. The summed E-state index contributed by atoms with van der Waals surface area (Å²) in [4.78, 5) is 10.7. The molecule has 5 heteroatoms. The van der Waals surface area contributed by atoms with Gasteiger partial charge in [-0.15, -0.1) is 0 Å². The predicted molar refractivity (Wildman–Crippen MR) is 49.7 cm³/mol. The SMILES string of the molecule is CC(C(=O)O)C(CCO)C(CO)CO. The summed E-state index contributed by atoms with van der Waals surface area (Å²) in [6.07, 6.45) is 0.277. The summed E-state index contributed by atoms with van der Waals surface area (Å²) in [5.74, 6) is -2.53. The van der Waals surface area contributed by atoms with Crippen LogP contribution in [0.15, 0.2) is 0 Å². The van der Waals surface area contributed by atoms with E-state index in [1.54, 1.807) is 0 Å². The van der Waals surface area contributed by atoms with Crippen molar-refractivity contribution in [3.63, 3.8) is 0 Å². The van der Waals surface area contributed by atoms with Gasteiger partial charge in [0, 0.05) is 25.7 Å². The Labute approximate surface area is 83.0 Å². The molecule has 0 aliphatic rings. The zero-order chi connectivity index (χ0) is 11.1. The molecule has 0 saturated carbocycles. The molecule has 0 aromatic rings. The highest BCUT2D eigenvalue weighted by molar-refractivity contribution is 5.69. The second-order valence-electron chi connectivity index (χ2n) is 3.43. The van der Waals surface area contributed by atoms with Gasteiger partial charge in [0.05, 0.1) is 5.92 Å². The van der Waals surface area contributed by atoms with Gasteiger partial charge in [0.25, 0.3) is 0 Å². The Morgan fingerprint density at radius 3 is 2.00 bits per heavy atom. The van der Waals surface area contributed by atoms with Crippen LogP contribution < -0.4 is 0 Å². The Balaban J connectivity index is 4.46. The molecular weight excluding hydrogens is 188 g/mol. The lowest BCUT2D eigenvalue weighted by Gasteiger charge is -2.26. The zero-order valence-electron chi connectivity index (χ0n) is 8.26. The number of aliphatic hydroxyl groups excluding tert-OH is 3. The van der Waals surface area contributed by atoms with E-state index in [1.807, 2.05) is 0 Å². The van der Waals surface area contributed by atoms with Gasteiger partial charge in [-0.2, -0.15) is 0 Å². The lowest BCUT2D eigenvalue weighted by atomic mass is 9.81. The minimum atomic E-state index is -0.977. The lowest BCUT2D eigenvalue weighted by molar-refractivity contribution is -0.144. The summed E-state index contributed by atoms with van der Waals surface area (Å²) < 4.78 is 0. The normalized spacial score (nSPS) is 15.5. The summed E-state index contributed by atoms with van der Waals surface area (Å²) in [6.45, 7) is 0.845. The molecule has 2 atom stereocenters. The molecule has 84 valence electrons. The van der Waals surface area contributed by atoms with E-state index in [4.69, 9.17) is 20.4 Å². The fourth-order valence-electron chi connectivity index (χ4n) is 1.55. The molecule has 0 saturated heterocycles. The van der Waals surface area contributed by atoms with Gasteiger partial charge in [-0.1, -0.05) is 6.92 Å². The molecule has 0 radical (unpaired) electrons. The molecule has 0 fully saturated rings. The zero-order valence-corrected chi connectivity index (χ0v) is 8.26. The van der Waals surface area contributed by atoms with E-state index in [9.17, 15) is 4.79 Å². The van der Waals surface area contributed by atoms with Gasteiger partial charge in [-0.05, 0) is 12.3 Å². The monoisotopic (exact) mass is 206 g/mol. The van der Waals surface area contributed by atoms with Crippen LogP contribution in [0.5, 0.6) is 0 Å². The Morgan fingerprint density at radius 2 is 1.71 bits per heavy atom. The first-order valence-corrected chi connectivity index (χ1v) is 4.63. The minimum Gasteiger partial charge on any atom is -0.481 e. The molecule has 0 amide bonds. The molecule has 0 heterocycles. The maximum Gasteiger partial charge on any atom is 0.306 e. The maximum absolute atomic E-state index is 10.7. The van der Waals surface area contributed by atoms with Crippen LogP contribution in [0.25, 0.3) is 0 Å². The first kappa shape index (κ1) is 13.4. The molecule has 0 spiro atoms. The van der Waals surface area contributed by atoms with Crippen molar-refractivity contribution in [3.05, 3.63) is 0 Å². The highest BCUT2D eigenvalue weighted by Crippen LogP contribution is 2.24. The van der Waals surface area contributed by atoms with Crippen molar-refractivity contribution < 1.29 is 25.2 Å². The van der Waals surface area contributed by atoms with Crippen molar-refractivity contribution >= 4 is 5.97 Å². The number of carboxylic acids is 1. The van der Waals surface area contributed by atoms with Crippen LogP contribution in [0.3, 0.4) is 0 Å². The van der Waals surface area contributed by atoms with Crippen molar-refractivity contribution in [3.8, 4) is 0 Å². The van der Waals surface area contributed by atoms with Crippen molar-refractivity contribution in [1.82, 2.24) is 0 Å². The van der Waals surface area contributed by atoms with Crippen LogP contribution in [0.4, 0.5) is 0 Å². The summed E-state index contributed by atoms with van der Waals surface area (Å²) in [6, 6.07) is 0. The van der Waals surface area contributed by atoms with Gasteiger partial charge in [-0.25, -0.2) is 0 Å². The third-order valence-electron chi connectivity index (χ3n) is 2.57. The predicted octanol–water partition coefficient (Wildman–Crippen LogP) is -0.694. The third-order valence-corrected chi connectivity index (χ3v) is 2.57. The van der Waals surface area contributed by atoms with Gasteiger partial charge < -0.3 is 20.4 Å². The van der Waals surface area contributed by atoms with Crippen LogP contribution in [-0.4, -0.2) is 46.2 Å². The topological polar surface area (TPSA) is 98.0 Å². The largest absolute Gasteiger partial charge is 0.481 e. The smallest absolute Gasteiger partial charge is 0.306 e. The Morgan fingerprint density at radius 1 is 1.21 bits per heavy atom. The lowest BCUT2D eigenvalue weighted by Crippen LogP contribution is -2.32. The van der Waals surface area contributed by atoms with E-state index in [2.05, 4.69) is 0 Å². The number of rotatable bonds is 7. The van der Waals surface area contributed by atoms with Crippen LogP contribution >= 0.6 is 0 Å². The fourth-order valence-corrected chi connectivity index (χ4v) is 1.55. The van der Waals surface area contributed by atoms with E-state index >= 15 is 0 Å². The standard InChI is InChI=1S/C9H18O5/c1-6(9(13)14)8(2-3-10)7(4-11)5-12/h6-8,10-12H,2-5H2,1H3,(H,13,14). The summed E-state index contributed by atoms with van der Waals surface area (Å²) in [5.41, 5.74) is 0. The van der Waals surface area contributed by atoms with Crippen molar-refractivity contribution in [2.75, 3.05) is 19.8 Å². The molecule has 0 aromatic carbocycles. The second kappa shape index (κ2) is 6.75. The highest BCUT2D eigenvalue weighted by Gasteiger charge is 2.29. The van der Waals surface area contributed by atoms with Crippen molar-refractivity contribution in [1.29, 1.82) is 0 Å². The maximum atomic E-state index is 10.7. The van der Waals surface area contributed by atoms with Crippen molar-refractivity contribution in [2.45, 2.75) is 13.3 Å². The average molecular weight is 206 g/mol. The number of hydrogen-bond acceptors (Lipinski definition) is 4. The van der Waals surface area contributed by atoms with Crippen LogP contribution in [0, 0.1) is 17.8 Å². The molecule has 0 aliphatic heterocycles. The molecule has 0 aromatic heterocycles. The van der Waals surface area contributed by atoms with Crippen LogP contribution in [0.1, 0.15) is 13.3 Å². The Hall–Kier alpha value is -0.650. The average Bonchev–Trinajstić information content (AvgIpc) is 2.17. The third kappa shape index (κ3) is 3.61. The fraction of sp³-hybridized carbons (Fsp3) is 0.889. The van der Waals surface area contributed by atoms with E-state index in [0.29, 0.717) is 0 Å². The van der Waals surface area contributed by atoms with Gasteiger partial charge in [0.15, 0.2) is 0 Å². The molecule has 0 rings (SSSR count). The highest BCUT2D eigenvalue weighted by atomic mass is 16.4. The summed E-state index contributed by atoms with van der Waals surface area (Å²) in [5, 5.41) is 35.4. The second-order valence-corrected chi connectivity index (χ2v) is 3.43. The molecule has 4 N–H and O–H groups in total. The van der Waals surface area contributed by atoms with Gasteiger partial charge in [-0.3, -0.25) is 4.79 Å². The van der Waals surface area contributed by atoms with Crippen molar-refractivity contribution in [2.24, 2.45) is 17.8 Å². The van der Waals surface area contributed by atoms with Crippen LogP contribution in [0.2, 0.25) is 0 Å². The van der Waals surface area contributed by atoms with Crippen LogP contribution in [-0.2, 0) is 4.79 Å². The number of hydrogen-bond donors (Lipinski definition) is 4. The first-order chi connectivity index (χ1) is 6.58. The molecule has 5 nitrogen and oxygen atoms in total. The first-order valence-electron chi connectivity index (χ1n) is 4.63.